The van der Waals surface area contributed by atoms with Crippen LogP contribution in [-0.4, -0.2) is 37.0 Å². The number of hydrogen-bond donors (Lipinski definition) is 3. The van der Waals surface area contributed by atoms with Crippen LogP contribution in [0.25, 0.3) is 0 Å². The average molecular weight is 306 g/mol. The molecule has 0 saturated carbocycles. The van der Waals surface area contributed by atoms with Crippen molar-refractivity contribution in [1.29, 1.82) is 0 Å². The van der Waals surface area contributed by atoms with Gasteiger partial charge in [-0.15, -0.1) is 0 Å². The number of unbranched alkanes of at least 4 members (excludes halogenated alkanes) is 1. The molecule has 3 unspecified atom stereocenters. The van der Waals surface area contributed by atoms with Gasteiger partial charge in [-0.25, -0.2) is 4.79 Å². The van der Waals surface area contributed by atoms with E-state index in [0.29, 0.717) is 13.0 Å². The van der Waals surface area contributed by atoms with Gasteiger partial charge in [-0.2, -0.15) is 0 Å². The second kappa shape index (κ2) is 8.15. The summed E-state index contributed by atoms with van der Waals surface area (Å²) in [6, 6.07) is 7.24. The number of carbonyl (C=O) groups is 1. The minimum atomic E-state index is -0.570. The number of aliphatic hydroxyl groups excluding tert-OH is 1. The van der Waals surface area contributed by atoms with Gasteiger partial charge in [-0.3, -0.25) is 0 Å². The Labute approximate surface area is 132 Å². The van der Waals surface area contributed by atoms with Crippen molar-refractivity contribution < 1.29 is 14.6 Å². The molecule has 0 bridgehead atoms. The van der Waals surface area contributed by atoms with Crippen molar-refractivity contribution in [3.8, 4) is 0 Å². The lowest BCUT2D eigenvalue weighted by Crippen LogP contribution is -2.46. The Hall–Kier alpha value is -1.59. The van der Waals surface area contributed by atoms with Gasteiger partial charge in [0.05, 0.1) is 24.8 Å². The lowest BCUT2D eigenvalue weighted by atomic mass is 10.1. The van der Waals surface area contributed by atoms with E-state index in [0.717, 1.165) is 30.4 Å². The number of nitrogens with one attached hydrogen (secondary N) is 2. The van der Waals surface area contributed by atoms with Crippen LogP contribution in [0.15, 0.2) is 24.3 Å². The van der Waals surface area contributed by atoms with Gasteiger partial charge in [0.1, 0.15) is 0 Å². The SMILES string of the molecule is CCCCC(COC)NC(=O)NC1c2ccccc2CC1O. The molecule has 5 nitrogen and oxygen atoms in total. The topological polar surface area (TPSA) is 70.6 Å². The number of benzene rings is 1. The molecule has 2 rings (SSSR count). The fraction of sp³-hybridized carbons (Fsp3) is 0.588. The van der Waals surface area contributed by atoms with E-state index in [1.165, 1.54) is 0 Å². The third kappa shape index (κ3) is 4.21. The standard InChI is InChI=1S/C17H26N2O3/c1-3-4-8-13(11-22-2)18-17(21)19-16-14-9-6-5-7-12(14)10-15(16)20/h5-7,9,13,15-16,20H,3-4,8,10-11H2,1-2H3,(H2,18,19,21). The summed E-state index contributed by atoms with van der Waals surface area (Å²) in [5, 5.41) is 16.0. The van der Waals surface area contributed by atoms with Gasteiger partial charge in [0.15, 0.2) is 0 Å². The number of methoxy groups -OCH3 is 1. The van der Waals surface area contributed by atoms with Crippen LogP contribution in [0.2, 0.25) is 0 Å². The van der Waals surface area contributed by atoms with Gasteiger partial charge in [-0.05, 0) is 17.5 Å². The molecule has 0 radical (unpaired) electrons. The highest BCUT2D eigenvalue weighted by Gasteiger charge is 2.32. The number of carbonyl (C=O) groups excluding carboxylic acids is 1. The third-order valence-corrected chi connectivity index (χ3v) is 4.10. The van der Waals surface area contributed by atoms with Crippen molar-refractivity contribution in [3.63, 3.8) is 0 Å². The Bertz CT molecular complexity index is 493. The van der Waals surface area contributed by atoms with Crippen LogP contribution in [-0.2, 0) is 11.2 Å². The summed E-state index contributed by atoms with van der Waals surface area (Å²) in [4.78, 5) is 12.2. The van der Waals surface area contributed by atoms with Crippen LogP contribution in [0, 0.1) is 0 Å². The van der Waals surface area contributed by atoms with Crippen molar-refractivity contribution in [2.24, 2.45) is 0 Å². The molecule has 3 N–H and O–H groups in total. The molecule has 2 amide bonds. The van der Waals surface area contributed by atoms with Crippen LogP contribution in [0.1, 0.15) is 43.4 Å². The monoisotopic (exact) mass is 306 g/mol. The molecular formula is C17H26N2O3. The number of hydrogen-bond acceptors (Lipinski definition) is 3. The minimum Gasteiger partial charge on any atom is -0.390 e. The molecule has 0 fully saturated rings. The number of rotatable bonds is 7. The Morgan fingerprint density at radius 1 is 1.45 bits per heavy atom. The fourth-order valence-electron chi connectivity index (χ4n) is 2.97. The van der Waals surface area contributed by atoms with Crippen molar-refractivity contribution in [2.75, 3.05) is 13.7 Å². The van der Waals surface area contributed by atoms with E-state index in [1.807, 2.05) is 24.3 Å². The van der Waals surface area contributed by atoms with Crippen molar-refractivity contribution >= 4 is 6.03 Å². The van der Waals surface area contributed by atoms with Gasteiger partial charge in [-0.1, -0.05) is 44.0 Å². The maximum Gasteiger partial charge on any atom is 0.315 e. The molecule has 1 aliphatic rings. The van der Waals surface area contributed by atoms with Crippen LogP contribution in [0.5, 0.6) is 0 Å². The Morgan fingerprint density at radius 2 is 2.23 bits per heavy atom. The Morgan fingerprint density at radius 3 is 2.95 bits per heavy atom. The first-order chi connectivity index (χ1) is 10.7. The van der Waals surface area contributed by atoms with Crippen molar-refractivity contribution in [3.05, 3.63) is 35.4 Å². The summed E-state index contributed by atoms with van der Waals surface area (Å²) in [6.45, 7) is 2.62. The highest BCUT2D eigenvalue weighted by molar-refractivity contribution is 5.75. The third-order valence-electron chi connectivity index (χ3n) is 4.10. The van der Waals surface area contributed by atoms with E-state index in [9.17, 15) is 9.90 Å². The first-order valence-electron chi connectivity index (χ1n) is 7.97. The van der Waals surface area contributed by atoms with Gasteiger partial charge in [0, 0.05) is 13.5 Å². The zero-order valence-electron chi connectivity index (χ0n) is 13.3. The quantitative estimate of drug-likeness (QED) is 0.723. The number of amides is 2. The van der Waals surface area contributed by atoms with Gasteiger partial charge in [0.25, 0.3) is 0 Å². The second-order valence-electron chi connectivity index (χ2n) is 5.86. The smallest absolute Gasteiger partial charge is 0.315 e. The molecule has 5 heteroatoms. The molecule has 1 aromatic rings. The maximum atomic E-state index is 12.2. The van der Waals surface area contributed by atoms with Gasteiger partial charge < -0.3 is 20.5 Å². The molecular weight excluding hydrogens is 280 g/mol. The highest BCUT2D eigenvalue weighted by atomic mass is 16.5. The second-order valence-corrected chi connectivity index (χ2v) is 5.86. The molecule has 3 atom stereocenters. The highest BCUT2D eigenvalue weighted by Crippen LogP contribution is 2.31. The molecule has 0 spiro atoms. The molecule has 1 aromatic carbocycles. The van der Waals surface area contributed by atoms with Crippen LogP contribution in [0.4, 0.5) is 4.79 Å². The summed E-state index contributed by atoms with van der Waals surface area (Å²) >= 11 is 0. The largest absolute Gasteiger partial charge is 0.390 e. The Balaban J connectivity index is 1.93. The lowest BCUT2D eigenvalue weighted by Gasteiger charge is -2.22. The van der Waals surface area contributed by atoms with Crippen LogP contribution in [0.3, 0.4) is 0 Å². The zero-order valence-corrected chi connectivity index (χ0v) is 13.3. The Kier molecular flexibility index (Phi) is 6.21. The first kappa shape index (κ1) is 16.8. The number of ether oxygens (including phenoxy) is 1. The summed E-state index contributed by atoms with van der Waals surface area (Å²) in [7, 11) is 1.63. The lowest BCUT2D eigenvalue weighted by molar-refractivity contribution is 0.137. The van der Waals surface area contributed by atoms with Crippen molar-refractivity contribution in [2.45, 2.75) is 50.8 Å². The first-order valence-corrected chi connectivity index (χ1v) is 7.97. The summed E-state index contributed by atoms with van der Waals surface area (Å²) in [6.07, 6.45) is 3.03. The van der Waals surface area contributed by atoms with Gasteiger partial charge >= 0.3 is 6.03 Å². The summed E-state index contributed by atoms with van der Waals surface area (Å²) < 4.78 is 5.16. The van der Waals surface area contributed by atoms with E-state index < -0.39 is 6.10 Å². The predicted octanol–water partition coefficient (Wildman–Crippen LogP) is 2.15. The van der Waals surface area contributed by atoms with Crippen LogP contribution >= 0.6 is 0 Å². The van der Waals surface area contributed by atoms with E-state index >= 15 is 0 Å². The minimum absolute atomic E-state index is 0.00117. The molecule has 0 heterocycles. The van der Waals surface area contributed by atoms with Crippen molar-refractivity contribution in [1.82, 2.24) is 10.6 Å². The molecule has 1 aliphatic carbocycles. The molecule has 122 valence electrons. The number of urea groups is 1. The van der Waals surface area contributed by atoms with Crippen LogP contribution < -0.4 is 10.6 Å². The van der Waals surface area contributed by atoms with E-state index in [-0.39, 0.29) is 18.1 Å². The zero-order chi connectivity index (χ0) is 15.9. The normalized spacial score (nSPS) is 21.2. The molecule has 22 heavy (non-hydrogen) atoms. The molecule has 0 aromatic heterocycles. The molecule has 0 aliphatic heterocycles. The number of fused-ring (bicyclic) bond motifs is 1. The molecule has 0 saturated heterocycles. The average Bonchev–Trinajstić information content (AvgIpc) is 2.81. The maximum absolute atomic E-state index is 12.2. The predicted molar refractivity (Wildman–Crippen MR) is 85.8 cm³/mol. The summed E-state index contributed by atoms with van der Waals surface area (Å²) in [5.74, 6) is 0. The summed E-state index contributed by atoms with van der Waals surface area (Å²) in [5.41, 5.74) is 2.10. The van der Waals surface area contributed by atoms with E-state index in [2.05, 4.69) is 17.6 Å². The fourth-order valence-corrected chi connectivity index (χ4v) is 2.97. The van der Waals surface area contributed by atoms with E-state index in [1.54, 1.807) is 7.11 Å². The number of aliphatic hydroxyl groups is 1. The van der Waals surface area contributed by atoms with Gasteiger partial charge in [0.2, 0.25) is 0 Å². The van der Waals surface area contributed by atoms with E-state index in [4.69, 9.17) is 4.74 Å².